The van der Waals surface area contributed by atoms with Crippen LogP contribution in [0.1, 0.15) is 28.8 Å². The summed E-state index contributed by atoms with van der Waals surface area (Å²) < 4.78 is 17.4. The van der Waals surface area contributed by atoms with E-state index in [1.165, 1.54) is 12.1 Å². The van der Waals surface area contributed by atoms with Crippen molar-refractivity contribution < 1.29 is 9.18 Å². The van der Waals surface area contributed by atoms with Crippen LogP contribution in [0.4, 0.5) is 4.39 Å². The SMILES string of the molecule is Cc1ccc(C)n1CC(=O)N[C@H](c1cccc(F)c1)c1nccn1C. The van der Waals surface area contributed by atoms with Crippen LogP contribution in [-0.4, -0.2) is 20.0 Å². The van der Waals surface area contributed by atoms with E-state index in [1.807, 2.05) is 42.2 Å². The second kappa shape index (κ2) is 6.93. The summed E-state index contributed by atoms with van der Waals surface area (Å²) in [5.74, 6) is 0.155. The van der Waals surface area contributed by atoms with Crippen molar-refractivity contribution in [3.63, 3.8) is 0 Å². The second-order valence-electron chi connectivity index (χ2n) is 6.15. The van der Waals surface area contributed by atoms with Crippen LogP contribution in [-0.2, 0) is 18.4 Å². The maximum absolute atomic E-state index is 13.7. The molecule has 1 atom stereocenters. The molecule has 130 valence electrons. The minimum absolute atomic E-state index is 0.153. The Balaban J connectivity index is 1.88. The predicted molar refractivity (Wildman–Crippen MR) is 93.5 cm³/mol. The van der Waals surface area contributed by atoms with Gasteiger partial charge in [-0.2, -0.15) is 0 Å². The van der Waals surface area contributed by atoms with E-state index in [4.69, 9.17) is 0 Å². The Morgan fingerprint density at radius 1 is 1.24 bits per heavy atom. The molecular weight excluding hydrogens is 319 g/mol. The van der Waals surface area contributed by atoms with Crippen molar-refractivity contribution in [1.82, 2.24) is 19.4 Å². The molecular formula is C19H21FN4O. The zero-order valence-electron chi connectivity index (χ0n) is 14.5. The van der Waals surface area contributed by atoms with Gasteiger partial charge in [0, 0.05) is 30.8 Å². The van der Waals surface area contributed by atoms with Gasteiger partial charge in [0.15, 0.2) is 0 Å². The molecule has 0 bridgehead atoms. The number of hydrogen-bond donors (Lipinski definition) is 1. The van der Waals surface area contributed by atoms with Crippen molar-refractivity contribution in [2.24, 2.45) is 7.05 Å². The average molecular weight is 340 g/mol. The third-order valence-electron chi connectivity index (χ3n) is 4.32. The van der Waals surface area contributed by atoms with E-state index >= 15 is 0 Å². The predicted octanol–water partition coefficient (Wildman–Crippen LogP) is 2.88. The molecule has 0 fully saturated rings. The third kappa shape index (κ3) is 3.63. The molecule has 0 aliphatic carbocycles. The quantitative estimate of drug-likeness (QED) is 0.776. The minimum Gasteiger partial charge on any atom is -0.341 e. The first-order valence-corrected chi connectivity index (χ1v) is 8.10. The molecule has 25 heavy (non-hydrogen) atoms. The van der Waals surface area contributed by atoms with Crippen LogP contribution >= 0.6 is 0 Å². The third-order valence-corrected chi connectivity index (χ3v) is 4.32. The number of carbonyl (C=O) groups excluding carboxylic acids is 1. The summed E-state index contributed by atoms with van der Waals surface area (Å²) in [6.45, 7) is 4.13. The Kier molecular flexibility index (Phi) is 4.70. The number of carbonyl (C=O) groups is 1. The Bertz CT molecular complexity index is 877. The zero-order valence-corrected chi connectivity index (χ0v) is 14.5. The Labute approximate surface area is 146 Å². The maximum Gasteiger partial charge on any atom is 0.240 e. The van der Waals surface area contributed by atoms with E-state index in [9.17, 15) is 9.18 Å². The maximum atomic E-state index is 13.7. The van der Waals surface area contributed by atoms with Crippen LogP contribution in [0.15, 0.2) is 48.8 Å². The standard InChI is InChI=1S/C19H21FN4O/c1-13-7-8-14(2)24(13)12-17(25)22-18(19-21-9-10-23(19)3)15-5-4-6-16(20)11-15/h4-11,18H,12H2,1-3H3,(H,22,25)/t18-/m1/s1. The highest BCUT2D eigenvalue weighted by Gasteiger charge is 2.21. The number of benzene rings is 1. The Hall–Kier alpha value is -2.89. The van der Waals surface area contributed by atoms with E-state index in [2.05, 4.69) is 10.3 Å². The van der Waals surface area contributed by atoms with Gasteiger partial charge in [-0.25, -0.2) is 9.37 Å². The molecule has 2 aromatic heterocycles. The summed E-state index contributed by atoms with van der Waals surface area (Å²) in [6.07, 6.45) is 3.46. The fourth-order valence-electron chi connectivity index (χ4n) is 2.94. The highest BCUT2D eigenvalue weighted by Crippen LogP contribution is 2.21. The van der Waals surface area contributed by atoms with E-state index in [-0.39, 0.29) is 18.3 Å². The van der Waals surface area contributed by atoms with Crippen LogP contribution in [0.5, 0.6) is 0 Å². The van der Waals surface area contributed by atoms with Crippen LogP contribution in [0.2, 0.25) is 0 Å². The van der Waals surface area contributed by atoms with Crippen molar-refractivity contribution >= 4 is 5.91 Å². The van der Waals surface area contributed by atoms with E-state index in [0.717, 1.165) is 11.4 Å². The van der Waals surface area contributed by atoms with Crippen LogP contribution in [0.3, 0.4) is 0 Å². The normalized spacial score (nSPS) is 12.2. The number of rotatable bonds is 5. The van der Waals surface area contributed by atoms with E-state index < -0.39 is 6.04 Å². The topological polar surface area (TPSA) is 51.9 Å². The monoisotopic (exact) mass is 340 g/mol. The van der Waals surface area contributed by atoms with Crippen molar-refractivity contribution in [3.05, 3.63) is 77.4 Å². The lowest BCUT2D eigenvalue weighted by molar-refractivity contribution is -0.122. The number of aromatic nitrogens is 3. The summed E-state index contributed by atoms with van der Waals surface area (Å²) in [5, 5.41) is 2.99. The number of nitrogens with zero attached hydrogens (tertiary/aromatic N) is 3. The smallest absolute Gasteiger partial charge is 0.240 e. The molecule has 0 radical (unpaired) electrons. The number of halogens is 1. The van der Waals surface area contributed by atoms with Crippen molar-refractivity contribution in [2.45, 2.75) is 26.4 Å². The van der Waals surface area contributed by atoms with Crippen LogP contribution < -0.4 is 5.32 Å². The van der Waals surface area contributed by atoms with Crippen LogP contribution in [0.25, 0.3) is 0 Å². The second-order valence-corrected chi connectivity index (χ2v) is 6.15. The van der Waals surface area contributed by atoms with Gasteiger partial charge in [0.05, 0.1) is 0 Å². The lowest BCUT2D eigenvalue weighted by Gasteiger charge is -2.20. The number of imidazole rings is 1. The highest BCUT2D eigenvalue weighted by molar-refractivity contribution is 5.77. The fourth-order valence-corrected chi connectivity index (χ4v) is 2.94. The molecule has 0 saturated heterocycles. The summed E-state index contributed by atoms with van der Waals surface area (Å²) in [6, 6.07) is 9.66. The van der Waals surface area contributed by atoms with Crippen molar-refractivity contribution in [2.75, 3.05) is 0 Å². The molecule has 3 aromatic rings. The minimum atomic E-state index is -0.514. The van der Waals surface area contributed by atoms with Gasteiger partial charge in [-0.3, -0.25) is 4.79 Å². The highest BCUT2D eigenvalue weighted by atomic mass is 19.1. The van der Waals surface area contributed by atoms with Gasteiger partial charge >= 0.3 is 0 Å². The summed E-state index contributed by atoms with van der Waals surface area (Å²) in [7, 11) is 1.85. The van der Waals surface area contributed by atoms with Gasteiger partial charge in [0.1, 0.15) is 24.2 Å². The molecule has 3 rings (SSSR count). The molecule has 6 heteroatoms. The Morgan fingerprint density at radius 2 is 1.96 bits per heavy atom. The van der Waals surface area contributed by atoms with Gasteiger partial charge in [0.2, 0.25) is 5.91 Å². The molecule has 0 unspecified atom stereocenters. The zero-order chi connectivity index (χ0) is 18.0. The van der Waals surface area contributed by atoms with Crippen LogP contribution in [0, 0.1) is 19.7 Å². The first-order valence-electron chi connectivity index (χ1n) is 8.10. The first-order chi connectivity index (χ1) is 12.0. The molecule has 0 aliphatic rings. The number of aryl methyl sites for hydroxylation is 3. The lowest BCUT2D eigenvalue weighted by atomic mass is 10.1. The molecule has 1 amide bonds. The molecule has 1 N–H and O–H groups in total. The fraction of sp³-hybridized carbons (Fsp3) is 0.263. The van der Waals surface area contributed by atoms with E-state index in [1.54, 1.807) is 24.5 Å². The number of hydrogen-bond acceptors (Lipinski definition) is 2. The molecule has 0 saturated carbocycles. The number of nitrogens with one attached hydrogen (secondary N) is 1. The van der Waals surface area contributed by atoms with Gasteiger partial charge in [-0.05, 0) is 43.7 Å². The average Bonchev–Trinajstić information content (AvgIpc) is 3.13. The summed E-state index contributed by atoms with van der Waals surface area (Å²) in [5.41, 5.74) is 2.70. The largest absolute Gasteiger partial charge is 0.341 e. The molecule has 5 nitrogen and oxygen atoms in total. The lowest BCUT2D eigenvalue weighted by Crippen LogP contribution is -2.34. The molecule has 1 aromatic carbocycles. The van der Waals surface area contributed by atoms with E-state index in [0.29, 0.717) is 11.4 Å². The first kappa shape index (κ1) is 17.0. The van der Waals surface area contributed by atoms with Gasteiger partial charge in [-0.15, -0.1) is 0 Å². The summed E-state index contributed by atoms with van der Waals surface area (Å²) in [4.78, 5) is 17.0. The van der Waals surface area contributed by atoms with Gasteiger partial charge < -0.3 is 14.5 Å². The Morgan fingerprint density at radius 3 is 2.56 bits per heavy atom. The van der Waals surface area contributed by atoms with Gasteiger partial charge in [0.25, 0.3) is 0 Å². The van der Waals surface area contributed by atoms with Gasteiger partial charge in [-0.1, -0.05) is 12.1 Å². The molecule has 0 spiro atoms. The number of amides is 1. The molecule has 0 aliphatic heterocycles. The summed E-state index contributed by atoms with van der Waals surface area (Å²) >= 11 is 0. The molecule has 2 heterocycles. The van der Waals surface area contributed by atoms with Crippen molar-refractivity contribution in [3.8, 4) is 0 Å². The van der Waals surface area contributed by atoms with Crippen molar-refractivity contribution in [1.29, 1.82) is 0 Å².